The predicted molar refractivity (Wildman–Crippen MR) is 84.3 cm³/mol. The molecule has 3 heterocycles. The molecular formula is C16H15ClN4O2. The third-order valence-electron chi connectivity index (χ3n) is 3.70. The summed E-state index contributed by atoms with van der Waals surface area (Å²) < 4.78 is 5.83. The van der Waals surface area contributed by atoms with E-state index in [-0.39, 0.29) is 12.0 Å². The number of ether oxygens (including phenoxy) is 1. The SMILES string of the molecule is N#Cc1cc(C(=O)N2CCCC(Oc3ccc(Cl)cn3)C2)c[nH]1. The molecule has 1 atom stereocenters. The summed E-state index contributed by atoms with van der Waals surface area (Å²) >= 11 is 5.80. The zero-order valence-corrected chi connectivity index (χ0v) is 13.1. The summed E-state index contributed by atoms with van der Waals surface area (Å²) in [6.07, 6.45) is 4.72. The molecule has 2 aromatic rings. The Balaban J connectivity index is 1.64. The molecule has 2 aromatic heterocycles. The van der Waals surface area contributed by atoms with E-state index in [2.05, 4.69) is 9.97 Å². The van der Waals surface area contributed by atoms with E-state index < -0.39 is 0 Å². The van der Waals surface area contributed by atoms with E-state index in [1.54, 1.807) is 29.3 Å². The first-order valence-corrected chi connectivity index (χ1v) is 7.69. The minimum absolute atomic E-state index is 0.0971. The van der Waals surface area contributed by atoms with Gasteiger partial charge in [-0.05, 0) is 25.0 Å². The average molecular weight is 331 g/mol. The second kappa shape index (κ2) is 6.71. The quantitative estimate of drug-likeness (QED) is 0.937. The maximum atomic E-state index is 12.5. The van der Waals surface area contributed by atoms with Crippen LogP contribution in [0.2, 0.25) is 5.02 Å². The number of pyridine rings is 1. The predicted octanol–water partition coefficient (Wildman–Crippen LogP) is 2.62. The van der Waals surface area contributed by atoms with Gasteiger partial charge >= 0.3 is 0 Å². The number of carbonyl (C=O) groups is 1. The molecule has 1 amide bonds. The molecule has 1 N–H and O–H groups in total. The van der Waals surface area contributed by atoms with E-state index in [0.29, 0.717) is 35.2 Å². The maximum absolute atomic E-state index is 12.5. The van der Waals surface area contributed by atoms with Gasteiger partial charge in [0.25, 0.3) is 5.91 Å². The highest BCUT2D eigenvalue weighted by molar-refractivity contribution is 6.30. The zero-order valence-electron chi connectivity index (χ0n) is 12.3. The van der Waals surface area contributed by atoms with Crippen molar-refractivity contribution in [3.8, 4) is 11.9 Å². The first kappa shape index (κ1) is 15.4. The largest absolute Gasteiger partial charge is 0.472 e. The summed E-state index contributed by atoms with van der Waals surface area (Å²) in [6, 6.07) is 6.98. The first-order valence-electron chi connectivity index (χ1n) is 7.31. The number of piperidine rings is 1. The minimum Gasteiger partial charge on any atom is -0.472 e. The molecule has 0 spiro atoms. The van der Waals surface area contributed by atoms with Gasteiger partial charge in [0.2, 0.25) is 5.88 Å². The Bertz CT molecular complexity index is 735. The van der Waals surface area contributed by atoms with Crippen LogP contribution in [-0.4, -0.2) is 40.0 Å². The van der Waals surface area contributed by atoms with Gasteiger partial charge in [-0.15, -0.1) is 0 Å². The Morgan fingerprint density at radius 3 is 3.09 bits per heavy atom. The maximum Gasteiger partial charge on any atom is 0.255 e. The number of likely N-dealkylation sites (tertiary alicyclic amines) is 1. The van der Waals surface area contributed by atoms with E-state index >= 15 is 0 Å². The van der Waals surface area contributed by atoms with Crippen LogP contribution in [0.5, 0.6) is 5.88 Å². The zero-order chi connectivity index (χ0) is 16.2. The highest BCUT2D eigenvalue weighted by Gasteiger charge is 2.26. The molecule has 0 bridgehead atoms. The van der Waals surface area contributed by atoms with Crippen LogP contribution in [0.1, 0.15) is 28.9 Å². The molecule has 0 saturated carbocycles. The fraction of sp³-hybridized carbons (Fsp3) is 0.312. The lowest BCUT2D eigenvalue weighted by atomic mass is 10.1. The fourth-order valence-corrected chi connectivity index (χ4v) is 2.70. The lowest BCUT2D eigenvalue weighted by Gasteiger charge is -2.32. The van der Waals surface area contributed by atoms with Crippen molar-refractivity contribution < 1.29 is 9.53 Å². The monoisotopic (exact) mass is 330 g/mol. The van der Waals surface area contributed by atoms with Crippen molar-refractivity contribution in [2.24, 2.45) is 0 Å². The molecule has 7 heteroatoms. The van der Waals surface area contributed by atoms with Gasteiger partial charge in [0.1, 0.15) is 17.9 Å². The van der Waals surface area contributed by atoms with E-state index in [4.69, 9.17) is 21.6 Å². The molecule has 118 valence electrons. The molecule has 0 aliphatic carbocycles. The number of H-pyrrole nitrogens is 1. The molecule has 1 saturated heterocycles. The average Bonchev–Trinajstić information content (AvgIpc) is 3.06. The molecular weight excluding hydrogens is 316 g/mol. The van der Waals surface area contributed by atoms with Gasteiger partial charge in [-0.1, -0.05) is 11.6 Å². The van der Waals surface area contributed by atoms with Gasteiger partial charge in [0.15, 0.2) is 0 Å². The number of aromatic amines is 1. The van der Waals surface area contributed by atoms with Gasteiger partial charge < -0.3 is 14.6 Å². The Labute approximate surface area is 138 Å². The summed E-state index contributed by atoms with van der Waals surface area (Å²) in [5.41, 5.74) is 0.871. The van der Waals surface area contributed by atoms with E-state index in [1.165, 1.54) is 6.20 Å². The molecule has 1 fully saturated rings. The first-order chi connectivity index (χ1) is 11.2. The summed E-state index contributed by atoms with van der Waals surface area (Å²) in [5, 5.41) is 9.38. The van der Waals surface area contributed by atoms with E-state index in [1.807, 2.05) is 6.07 Å². The van der Waals surface area contributed by atoms with Crippen molar-refractivity contribution in [3.63, 3.8) is 0 Å². The fourth-order valence-electron chi connectivity index (χ4n) is 2.59. The normalized spacial score (nSPS) is 17.6. The van der Waals surface area contributed by atoms with Crippen LogP contribution in [0.3, 0.4) is 0 Å². The Morgan fingerprint density at radius 1 is 1.52 bits per heavy atom. The number of hydrogen-bond donors (Lipinski definition) is 1. The van der Waals surface area contributed by atoms with Crippen molar-refractivity contribution in [1.82, 2.24) is 14.9 Å². The van der Waals surface area contributed by atoms with Crippen LogP contribution in [0.15, 0.2) is 30.6 Å². The highest BCUT2D eigenvalue weighted by Crippen LogP contribution is 2.19. The van der Waals surface area contributed by atoms with Crippen molar-refractivity contribution in [1.29, 1.82) is 5.26 Å². The topological polar surface area (TPSA) is 82.0 Å². The van der Waals surface area contributed by atoms with Crippen LogP contribution >= 0.6 is 11.6 Å². The number of rotatable bonds is 3. The number of halogens is 1. The number of nitrogens with one attached hydrogen (secondary N) is 1. The number of hydrogen-bond acceptors (Lipinski definition) is 4. The van der Waals surface area contributed by atoms with Crippen molar-refractivity contribution in [2.45, 2.75) is 18.9 Å². The van der Waals surface area contributed by atoms with Gasteiger partial charge in [-0.3, -0.25) is 4.79 Å². The van der Waals surface area contributed by atoms with Crippen molar-refractivity contribution in [3.05, 3.63) is 46.9 Å². The van der Waals surface area contributed by atoms with Crippen LogP contribution in [0.4, 0.5) is 0 Å². The number of nitrogens with zero attached hydrogens (tertiary/aromatic N) is 3. The second-order valence-corrected chi connectivity index (χ2v) is 5.80. The summed E-state index contributed by atoms with van der Waals surface area (Å²) in [6.45, 7) is 1.18. The number of nitriles is 1. The lowest BCUT2D eigenvalue weighted by molar-refractivity contribution is 0.0528. The Hall–Kier alpha value is -2.52. The summed E-state index contributed by atoms with van der Waals surface area (Å²) in [7, 11) is 0. The number of aromatic nitrogens is 2. The van der Waals surface area contributed by atoms with Crippen molar-refractivity contribution in [2.75, 3.05) is 13.1 Å². The molecule has 6 nitrogen and oxygen atoms in total. The van der Waals surface area contributed by atoms with Crippen LogP contribution in [0.25, 0.3) is 0 Å². The molecule has 1 aliphatic rings. The number of amides is 1. The van der Waals surface area contributed by atoms with E-state index in [0.717, 1.165) is 12.8 Å². The summed E-state index contributed by atoms with van der Waals surface area (Å²) in [5.74, 6) is 0.405. The van der Waals surface area contributed by atoms with Crippen LogP contribution < -0.4 is 4.74 Å². The van der Waals surface area contributed by atoms with Gasteiger partial charge in [0, 0.05) is 25.0 Å². The number of carbonyl (C=O) groups excluding carboxylic acids is 1. The standard InChI is InChI=1S/C16H15ClN4O2/c17-12-3-4-15(20-9-12)23-14-2-1-5-21(10-14)16(22)11-6-13(7-18)19-8-11/h3-4,6,8-9,14,19H,1-2,5,10H2. The third kappa shape index (κ3) is 3.63. The highest BCUT2D eigenvalue weighted by atomic mass is 35.5. The van der Waals surface area contributed by atoms with Crippen LogP contribution in [-0.2, 0) is 0 Å². The van der Waals surface area contributed by atoms with Crippen molar-refractivity contribution >= 4 is 17.5 Å². The Kier molecular flexibility index (Phi) is 4.49. The Morgan fingerprint density at radius 2 is 2.39 bits per heavy atom. The van der Waals surface area contributed by atoms with E-state index in [9.17, 15) is 4.79 Å². The molecule has 3 rings (SSSR count). The third-order valence-corrected chi connectivity index (χ3v) is 3.93. The van der Waals surface area contributed by atoms with Gasteiger partial charge in [-0.25, -0.2) is 4.98 Å². The second-order valence-electron chi connectivity index (χ2n) is 5.36. The summed E-state index contributed by atoms with van der Waals surface area (Å²) in [4.78, 5) is 21.1. The van der Waals surface area contributed by atoms with Gasteiger partial charge in [-0.2, -0.15) is 5.26 Å². The molecule has 1 unspecified atom stereocenters. The molecule has 0 radical (unpaired) electrons. The van der Waals surface area contributed by atoms with Gasteiger partial charge in [0.05, 0.1) is 17.1 Å². The smallest absolute Gasteiger partial charge is 0.255 e. The molecule has 1 aliphatic heterocycles. The minimum atomic E-state index is -0.101. The van der Waals surface area contributed by atoms with Crippen LogP contribution in [0, 0.1) is 11.3 Å². The molecule has 23 heavy (non-hydrogen) atoms. The lowest BCUT2D eigenvalue weighted by Crippen LogP contribution is -2.44. The molecule has 0 aromatic carbocycles.